The Hall–Kier alpha value is -3.94. The van der Waals surface area contributed by atoms with Crippen LogP contribution in [0.3, 0.4) is 0 Å². The smallest absolute Gasteiger partial charge is 0.412 e. The van der Waals surface area contributed by atoms with Crippen LogP contribution in [0.2, 0.25) is 0 Å². The summed E-state index contributed by atoms with van der Waals surface area (Å²) in [5.74, 6) is 3.46. The average Bonchev–Trinajstić information content (AvgIpc) is 3.16. The summed E-state index contributed by atoms with van der Waals surface area (Å²) in [7, 11) is 0. The molecule has 2 rings (SSSR count). The van der Waals surface area contributed by atoms with Crippen LogP contribution in [0.25, 0.3) is 0 Å². The minimum absolute atomic E-state index is 0.0168. The quantitative estimate of drug-likeness (QED) is 0.0962. The molecule has 0 fully saturated rings. The molecule has 0 unspecified atom stereocenters. The summed E-state index contributed by atoms with van der Waals surface area (Å²) in [5.41, 5.74) is 1.89. The van der Waals surface area contributed by atoms with E-state index in [9.17, 15) is 19.2 Å². The maximum Gasteiger partial charge on any atom is 0.412 e. The number of allylic oxidation sites excluding steroid dienone is 2. The van der Waals surface area contributed by atoms with Gasteiger partial charge in [-0.2, -0.15) is 0 Å². The molecule has 5 atom stereocenters. The largest absolute Gasteiger partial charge is 0.444 e. The normalized spacial score (nSPS) is 14.5. The summed E-state index contributed by atoms with van der Waals surface area (Å²) in [6, 6.07) is 20.9. The first-order valence-corrected chi connectivity index (χ1v) is 23.9. The highest BCUT2D eigenvalue weighted by Crippen LogP contribution is 2.34. The topological polar surface area (TPSA) is 111 Å². The highest BCUT2D eigenvalue weighted by Gasteiger charge is 2.27. The molecule has 8 nitrogen and oxygen atoms in total. The van der Waals surface area contributed by atoms with Gasteiger partial charge in [0.05, 0.1) is 11.7 Å². The summed E-state index contributed by atoms with van der Waals surface area (Å²) < 4.78 is 10.6. The standard InChI is InChI=1S/C27H45NO3.C27H43NO3/c2*1-8-9-17-24(20(2)3)23(19-22-14-11-10-12-15-22)16-13-18-25(21(4)29)28-26(30)31-27(5,6)7/h10-12,14-15,20,23-25H,8-9,13,16-19H2,1-7H3,(H,28,30);10-12,14-15,18,20,23-24H,8-9,13,16-17,19H2,1-7H3,(H,28,30)/b;25-18-/t23-,24+,25+;23-,24+/m11/s1. The number of hydrogen-bond acceptors (Lipinski definition) is 6. The van der Waals surface area contributed by atoms with Crippen molar-refractivity contribution in [3.8, 4) is 0 Å². The summed E-state index contributed by atoms with van der Waals surface area (Å²) >= 11 is 0. The molecule has 0 aromatic heterocycles. The Morgan fingerprint density at radius 1 is 0.597 bits per heavy atom. The Morgan fingerprint density at radius 2 is 1.03 bits per heavy atom. The van der Waals surface area contributed by atoms with Crippen molar-refractivity contribution in [1.29, 1.82) is 0 Å². The van der Waals surface area contributed by atoms with Crippen molar-refractivity contribution in [1.82, 2.24) is 10.6 Å². The number of hydrogen-bond donors (Lipinski definition) is 2. The first-order chi connectivity index (χ1) is 29.1. The molecule has 0 saturated carbocycles. The lowest BCUT2D eigenvalue weighted by Gasteiger charge is -2.31. The molecule has 0 radical (unpaired) electrons. The fourth-order valence-electron chi connectivity index (χ4n) is 8.42. The first kappa shape index (κ1) is 56.1. The molecule has 2 amide bonds. The van der Waals surface area contributed by atoms with Crippen LogP contribution >= 0.6 is 0 Å². The summed E-state index contributed by atoms with van der Waals surface area (Å²) in [6.07, 6.45) is 14.6. The molecule has 0 heterocycles. The van der Waals surface area contributed by atoms with E-state index in [2.05, 4.69) is 113 Å². The van der Waals surface area contributed by atoms with Crippen molar-refractivity contribution in [3.05, 3.63) is 83.6 Å². The minimum atomic E-state index is -0.601. The van der Waals surface area contributed by atoms with E-state index in [1.807, 2.05) is 26.8 Å². The zero-order valence-electron chi connectivity index (χ0n) is 41.5. The minimum Gasteiger partial charge on any atom is -0.444 e. The lowest BCUT2D eigenvalue weighted by Crippen LogP contribution is -2.42. The fraction of sp³-hybridized carbons (Fsp3) is 0.667. The number of carbonyl (C=O) groups excluding carboxylic acids is 4. The number of Topliss-reactive ketones (excluding diaryl/α,β-unsaturated/α-hetero) is 2. The number of nitrogens with one attached hydrogen (secondary N) is 2. The molecule has 0 spiro atoms. The van der Waals surface area contributed by atoms with Crippen LogP contribution in [0.15, 0.2) is 72.4 Å². The number of unbranched alkanes of at least 4 members (excludes halogenated alkanes) is 2. The second-order valence-electron chi connectivity index (χ2n) is 20.1. The number of rotatable bonds is 25. The van der Waals surface area contributed by atoms with Crippen molar-refractivity contribution in [2.45, 2.75) is 198 Å². The van der Waals surface area contributed by atoms with E-state index in [0.29, 0.717) is 47.6 Å². The van der Waals surface area contributed by atoms with Crippen molar-refractivity contribution in [2.24, 2.45) is 35.5 Å². The first-order valence-electron chi connectivity index (χ1n) is 23.9. The second-order valence-corrected chi connectivity index (χ2v) is 20.1. The lowest BCUT2D eigenvalue weighted by atomic mass is 9.74. The van der Waals surface area contributed by atoms with Crippen LogP contribution < -0.4 is 10.6 Å². The highest BCUT2D eigenvalue weighted by molar-refractivity contribution is 5.96. The van der Waals surface area contributed by atoms with E-state index in [1.165, 1.54) is 56.6 Å². The van der Waals surface area contributed by atoms with Gasteiger partial charge in [-0.3, -0.25) is 14.9 Å². The molecular weight excluding hydrogens is 773 g/mol. The van der Waals surface area contributed by atoms with E-state index in [4.69, 9.17) is 9.47 Å². The molecule has 0 aliphatic carbocycles. The van der Waals surface area contributed by atoms with Gasteiger partial charge in [0.1, 0.15) is 11.2 Å². The highest BCUT2D eigenvalue weighted by atomic mass is 16.6. The molecule has 350 valence electrons. The third-order valence-electron chi connectivity index (χ3n) is 11.5. The van der Waals surface area contributed by atoms with Gasteiger partial charge in [-0.05, 0) is 146 Å². The van der Waals surface area contributed by atoms with Crippen molar-refractivity contribution < 1.29 is 28.7 Å². The Morgan fingerprint density at radius 3 is 1.42 bits per heavy atom. The maximum absolute atomic E-state index is 12.1. The predicted molar refractivity (Wildman–Crippen MR) is 258 cm³/mol. The lowest BCUT2D eigenvalue weighted by molar-refractivity contribution is -0.119. The number of carbonyl (C=O) groups is 4. The van der Waals surface area contributed by atoms with Crippen molar-refractivity contribution >= 4 is 23.8 Å². The SMILES string of the molecule is CCCC[C@@H](C(C)C)[C@H](CC/C=C(\NC(=O)OC(C)(C)C)C(C)=O)Cc1ccccc1.CCCC[C@@H](C(C)C)[C@H](CCC[C@H](NC(=O)OC(C)(C)C)C(C)=O)Cc1ccccc1. The third kappa shape index (κ3) is 25.2. The van der Waals surface area contributed by atoms with Gasteiger partial charge in [0.25, 0.3) is 0 Å². The summed E-state index contributed by atoms with van der Waals surface area (Å²) in [5, 5.41) is 5.41. The molecule has 62 heavy (non-hydrogen) atoms. The van der Waals surface area contributed by atoms with Crippen LogP contribution in [0, 0.1) is 35.5 Å². The zero-order valence-corrected chi connectivity index (χ0v) is 41.5. The predicted octanol–water partition coefficient (Wildman–Crippen LogP) is 14.0. The van der Waals surface area contributed by atoms with Crippen LogP contribution in [0.4, 0.5) is 9.59 Å². The number of ether oxygens (including phenoxy) is 2. The number of benzene rings is 2. The van der Waals surface area contributed by atoms with Gasteiger partial charge in [-0.1, -0.05) is 140 Å². The Labute approximate surface area is 378 Å². The van der Waals surface area contributed by atoms with Gasteiger partial charge in [0.15, 0.2) is 11.6 Å². The Kier molecular flexibility index (Phi) is 26.6. The number of amides is 2. The Balaban J connectivity index is 0.000000620. The van der Waals surface area contributed by atoms with Crippen molar-refractivity contribution in [3.63, 3.8) is 0 Å². The molecular formula is C54H88N2O6. The van der Waals surface area contributed by atoms with E-state index < -0.39 is 29.4 Å². The summed E-state index contributed by atoms with van der Waals surface area (Å²) in [4.78, 5) is 48.4. The van der Waals surface area contributed by atoms with Gasteiger partial charge in [-0.15, -0.1) is 0 Å². The molecule has 0 aliphatic rings. The molecule has 2 N–H and O–H groups in total. The van der Waals surface area contributed by atoms with Crippen LogP contribution in [-0.4, -0.2) is 41.0 Å². The molecule has 8 heteroatoms. The molecule has 0 bridgehead atoms. The number of alkyl carbamates (subject to hydrolysis) is 2. The van der Waals surface area contributed by atoms with E-state index in [0.717, 1.165) is 38.5 Å². The monoisotopic (exact) mass is 861 g/mol. The van der Waals surface area contributed by atoms with Gasteiger partial charge in [0.2, 0.25) is 0 Å². The molecule has 0 saturated heterocycles. The summed E-state index contributed by atoms with van der Waals surface area (Å²) in [6.45, 7) is 27.7. The Bertz CT molecular complexity index is 1590. The van der Waals surface area contributed by atoms with Crippen molar-refractivity contribution in [2.75, 3.05) is 0 Å². The second kappa shape index (κ2) is 29.4. The molecule has 2 aromatic rings. The van der Waals surface area contributed by atoms with Crippen LogP contribution in [0.5, 0.6) is 0 Å². The maximum atomic E-state index is 12.1. The fourth-order valence-corrected chi connectivity index (χ4v) is 8.42. The van der Waals surface area contributed by atoms with E-state index in [-0.39, 0.29) is 11.6 Å². The van der Waals surface area contributed by atoms with E-state index >= 15 is 0 Å². The van der Waals surface area contributed by atoms with Crippen LogP contribution in [-0.2, 0) is 31.9 Å². The molecule has 2 aromatic carbocycles. The number of ketones is 2. The zero-order chi connectivity index (χ0) is 46.9. The van der Waals surface area contributed by atoms with E-state index in [1.54, 1.807) is 27.7 Å². The average molecular weight is 861 g/mol. The van der Waals surface area contributed by atoms with Crippen LogP contribution in [0.1, 0.15) is 179 Å². The molecule has 0 aliphatic heterocycles. The van der Waals surface area contributed by atoms with Gasteiger partial charge >= 0.3 is 12.2 Å². The third-order valence-corrected chi connectivity index (χ3v) is 11.5. The van der Waals surface area contributed by atoms with Gasteiger partial charge in [0, 0.05) is 6.92 Å². The van der Waals surface area contributed by atoms with Gasteiger partial charge < -0.3 is 14.8 Å². The van der Waals surface area contributed by atoms with Gasteiger partial charge in [-0.25, -0.2) is 9.59 Å².